The van der Waals surface area contributed by atoms with Crippen molar-refractivity contribution in [1.29, 1.82) is 0 Å². The number of esters is 3. The largest absolute Gasteiger partial charge is 0.477 e. The van der Waals surface area contributed by atoms with E-state index in [9.17, 15) is 115 Å². The lowest BCUT2D eigenvalue weighted by Gasteiger charge is -2.50. The third kappa shape index (κ3) is 50.0. The molecule has 0 bridgehead atoms. The fraction of sp³-hybridized carbons (Fsp3) is 0.910. The number of aliphatic carboxylic acids is 2. The number of amides is 2. The molecule has 0 aromatic heterocycles. The molecule has 4 rings (SSSR count). The van der Waals surface area contributed by atoms with E-state index >= 15 is 4.79 Å². The molecule has 4 fully saturated rings. The van der Waals surface area contributed by atoms with E-state index in [1.807, 2.05) is 0 Å². The van der Waals surface area contributed by atoms with Gasteiger partial charge in [-0.15, -0.1) is 0 Å². The molecule has 806 valence electrons. The Morgan fingerprint density at radius 2 is 0.812 bits per heavy atom. The van der Waals surface area contributed by atoms with Crippen LogP contribution in [0.2, 0.25) is 0 Å². The maximum Gasteiger partial charge on any atom is 0.470 e. The van der Waals surface area contributed by atoms with Gasteiger partial charge in [-0.25, -0.2) is 14.2 Å². The number of carboxylic acid groups (broad SMARTS) is 2. The summed E-state index contributed by atoms with van der Waals surface area (Å²) in [7, 11) is -6.09. The highest BCUT2D eigenvalue weighted by Crippen LogP contribution is 2.45. The molecule has 0 aromatic carbocycles. The zero-order valence-corrected chi connectivity index (χ0v) is 84.5. The van der Waals surface area contributed by atoms with Gasteiger partial charge in [-0.1, -0.05) is 310 Å². The molecular weight excluding hydrogens is 1820 g/mol. The van der Waals surface area contributed by atoms with Gasteiger partial charge in [-0.05, 0) is 64.2 Å². The third-order valence-electron chi connectivity index (χ3n) is 26.5. The second kappa shape index (κ2) is 72.6. The van der Waals surface area contributed by atoms with Crippen molar-refractivity contribution in [3.8, 4) is 0 Å². The van der Waals surface area contributed by atoms with E-state index in [0.29, 0.717) is 51.4 Å². The van der Waals surface area contributed by atoms with Crippen LogP contribution in [0.4, 0.5) is 0 Å². The Balaban J connectivity index is 1.95. The first-order chi connectivity index (χ1) is 66.2. The van der Waals surface area contributed by atoms with Gasteiger partial charge in [0.1, 0.15) is 79.2 Å². The highest BCUT2D eigenvalue weighted by atomic mass is 31.2. The molecule has 24 atom stereocenters. The normalized spacial score (nSPS) is 26.6. The number of ether oxygens (including phenoxy) is 10. The van der Waals surface area contributed by atoms with E-state index < -0.39 is 261 Å². The number of nitrogens with one attached hydrogen (secondary N) is 2. The summed E-state index contributed by atoms with van der Waals surface area (Å²) in [5, 5.41) is 163. The molecule has 0 unspecified atom stereocenters. The number of carboxylic acids is 2. The predicted molar refractivity (Wildman–Crippen MR) is 511 cm³/mol. The predicted octanol–water partition coefficient (Wildman–Crippen LogP) is 11.9. The van der Waals surface area contributed by atoms with Gasteiger partial charge in [-0.3, -0.25) is 28.5 Å². The van der Waals surface area contributed by atoms with Gasteiger partial charge in [0, 0.05) is 19.3 Å². The molecule has 2 amide bonds. The minimum absolute atomic E-state index is 0.0213. The molecular formula is C100H181N2O35P. The minimum atomic E-state index is -6.09. The van der Waals surface area contributed by atoms with Gasteiger partial charge < -0.3 is 139 Å². The number of carbonyl (C=O) groups excluding carboxylic acids is 5. The van der Waals surface area contributed by atoms with Gasteiger partial charge in [0.15, 0.2) is 24.8 Å². The number of aliphatic hydroxyl groups excluding tert-OH is 12. The number of rotatable bonds is 82. The average molecular weight is 2000 g/mol. The van der Waals surface area contributed by atoms with Gasteiger partial charge in [0.05, 0.1) is 82.6 Å². The van der Waals surface area contributed by atoms with Crippen molar-refractivity contribution in [3.63, 3.8) is 0 Å². The summed E-state index contributed by atoms with van der Waals surface area (Å²) in [6.07, 6.45) is 2.28. The topological polar surface area (TPSA) is 586 Å². The van der Waals surface area contributed by atoms with Crippen molar-refractivity contribution >= 4 is 49.5 Å². The van der Waals surface area contributed by atoms with Crippen LogP contribution >= 0.6 is 7.82 Å². The summed E-state index contributed by atoms with van der Waals surface area (Å²) in [4.78, 5) is 123. The lowest BCUT2D eigenvalue weighted by molar-refractivity contribution is -0.378. The Bertz CT molecular complexity index is 3330. The molecule has 0 radical (unpaired) electrons. The van der Waals surface area contributed by atoms with Crippen molar-refractivity contribution < 1.29 is 171 Å². The van der Waals surface area contributed by atoms with Crippen LogP contribution in [-0.4, -0.2) is 295 Å². The Morgan fingerprint density at radius 1 is 0.420 bits per heavy atom. The van der Waals surface area contributed by atoms with E-state index in [-0.39, 0.29) is 32.1 Å². The molecule has 18 N–H and O–H groups in total. The molecule has 4 aliphatic heterocycles. The van der Waals surface area contributed by atoms with Crippen LogP contribution in [0, 0.1) is 0 Å². The number of hydrogen-bond donors (Lipinski definition) is 18. The number of phosphoric acid groups is 1. The van der Waals surface area contributed by atoms with Crippen molar-refractivity contribution in [1.82, 2.24) is 10.6 Å². The number of allylic oxidation sites excluding steroid dienone is 2. The van der Waals surface area contributed by atoms with Crippen molar-refractivity contribution in [2.75, 3.05) is 26.4 Å². The van der Waals surface area contributed by atoms with Crippen molar-refractivity contribution in [3.05, 3.63) is 12.2 Å². The molecule has 4 aliphatic rings. The van der Waals surface area contributed by atoms with Crippen LogP contribution in [0.25, 0.3) is 0 Å². The Labute approximate surface area is 819 Å². The summed E-state index contributed by atoms with van der Waals surface area (Å²) in [5.41, 5.74) is 0. The minimum Gasteiger partial charge on any atom is -0.477 e. The first-order valence-corrected chi connectivity index (χ1v) is 54.3. The maximum atomic E-state index is 15.5. The van der Waals surface area contributed by atoms with E-state index in [0.717, 1.165) is 238 Å². The summed E-state index contributed by atoms with van der Waals surface area (Å²) < 4.78 is 80.0. The smallest absolute Gasteiger partial charge is 0.470 e. The van der Waals surface area contributed by atoms with E-state index in [4.69, 9.17) is 51.9 Å². The van der Waals surface area contributed by atoms with E-state index in [1.165, 1.54) is 12.8 Å². The lowest BCUT2D eigenvalue weighted by atomic mass is 9.90. The fourth-order valence-electron chi connectivity index (χ4n) is 18.3. The molecule has 138 heavy (non-hydrogen) atoms. The Morgan fingerprint density at radius 3 is 1.26 bits per heavy atom. The standard InChI is InChI=1S/C100H181N2O35P/c1-6-11-16-21-26-31-32-33-34-39-44-49-54-59-82(113)129-73(58-53-48-43-38-30-25-20-15-10-5)63-81(112)102-86-94(133-84(115)62-72(107)57-52-47-42-37-29-24-19-14-9-4)92(137-138(124,125)126)79(69-128-99(97(120)121)65-77(88(117)91(135-99)76(110)67-104)134-100(98(122)123)64-74(108)87(116)90(136-100)75(109)66-103)131-96(86)127-68-78-89(118)93(132-83(114)61-71(106)56-51-46-41-36-28-23-18-13-8-3)85(95(119)130-78)101-80(111)60-70(105)55-50-45-40-35-27-22-17-12-7-2/h31-32,70-79,85-96,103-110,116-119H,6-30,33-69H2,1-5H3,(H,101,111)(H,102,112)(H,120,121)(H,122,123)(H2,124,125,126)/b32-31-/t70-,71-,72-,73-,74-,75-,76-,77-,78-,79-,85-,86-,87-,88-,89-,90-,91-,92-,93-,94-,95+,96-,99-,100-/m1/s1. The lowest BCUT2D eigenvalue weighted by Crippen LogP contribution is -2.69. The molecule has 0 saturated carbocycles. The SMILES string of the molecule is CCCCCC/C=C\CCCCCCCC(=O)O[C@H](CCCCCCCCCCC)CC(=O)N[C@H]1[C@H](OC[C@H]2O[C@H](O)[C@H](NC(=O)C[C@H](O)CCCCCCCCCCC)[C@@H](OC(=O)C[C@H](O)CCCCCCCCCCC)[C@@H]2O)O[C@H](CO[C@]2(C(=O)O)C[C@@H](O[C@]3(C(=O)O)C[C@@H](O)[C@@H](O)[C@@H]([C@H](O)CO)O3)[C@@H](O)[C@@H]([C@H](O)CO)O2)[C@@H](OP(=O)(O)O)[C@@H]1OC(=O)C[C@H](O)CCCCCCCCCCC. The maximum absolute atomic E-state index is 15.5. The summed E-state index contributed by atoms with van der Waals surface area (Å²) in [6.45, 7) is 5.53. The monoisotopic (exact) mass is 2000 g/mol. The molecule has 0 aliphatic carbocycles. The average Bonchev–Trinajstić information content (AvgIpc) is 0.744. The van der Waals surface area contributed by atoms with Gasteiger partial charge in [0.2, 0.25) is 11.8 Å². The van der Waals surface area contributed by atoms with Gasteiger partial charge in [-0.2, -0.15) is 0 Å². The third-order valence-corrected chi connectivity index (χ3v) is 27.0. The first kappa shape index (κ1) is 126. The highest BCUT2D eigenvalue weighted by molar-refractivity contribution is 7.46. The number of phosphoric ester groups is 1. The first-order valence-electron chi connectivity index (χ1n) is 52.8. The summed E-state index contributed by atoms with van der Waals surface area (Å²) in [6, 6.07) is -4.01. The number of unbranched alkanes of at least 4 members (excludes halogenated alkanes) is 41. The number of hydrogen-bond acceptors (Lipinski definition) is 31. The van der Waals surface area contributed by atoms with Gasteiger partial charge in [0.25, 0.3) is 11.6 Å². The zero-order chi connectivity index (χ0) is 102. The fourth-order valence-corrected chi connectivity index (χ4v) is 18.9. The Kier molecular flexibility index (Phi) is 66.1. The van der Waals surface area contributed by atoms with Crippen LogP contribution in [0.3, 0.4) is 0 Å². The zero-order valence-electron chi connectivity index (χ0n) is 83.6. The highest BCUT2D eigenvalue weighted by Gasteiger charge is 2.63. The number of carbonyl (C=O) groups is 7. The van der Waals surface area contributed by atoms with Crippen LogP contribution in [0.5, 0.6) is 0 Å². The van der Waals surface area contributed by atoms with Crippen LogP contribution in [0.15, 0.2) is 12.2 Å². The summed E-state index contributed by atoms with van der Waals surface area (Å²) >= 11 is 0. The van der Waals surface area contributed by atoms with Crippen molar-refractivity contribution in [2.45, 2.75) is 553 Å². The van der Waals surface area contributed by atoms with Crippen molar-refractivity contribution in [2.24, 2.45) is 0 Å². The van der Waals surface area contributed by atoms with Crippen LogP contribution in [0.1, 0.15) is 407 Å². The second-order valence-electron chi connectivity index (χ2n) is 38.8. The van der Waals surface area contributed by atoms with Gasteiger partial charge >= 0.3 is 37.7 Å². The van der Waals surface area contributed by atoms with E-state index in [2.05, 4.69) is 57.4 Å². The molecule has 37 nitrogen and oxygen atoms in total. The van der Waals surface area contributed by atoms with E-state index in [1.54, 1.807) is 0 Å². The molecule has 4 heterocycles. The van der Waals surface area contributed by atoms with Crippen LogP contribution < -0.4 is 10.6 Å². The summed E-state index contributed by atoms with van der Waals surface area (Å²) in [5.74, 6) is -16.1. The van der Waals surface area contributed by atoms with Crippen LogP contribution in [-0.2, 0) is 90.0 Å². The quantitative estimate of drug-likeness (QED) is 0.00884. The Hall–Kier alpha value is -4.62. The number of aliphatic hydroxyl groups is 12. The molecule has 4 saturated heterocycles. The molecule has 0 aromatic rings. The molecule has 0 spiro atoms. The second-order valence-corrected chi connectivity index (χ2v) is 40.0. The molecule has 38 heteroatoms.